The van der Waals surface area contributed by atoms with Crippen molar-refractivity contribution in [3.63, 3.8) is 0 Å². The Morgan fingerprint density at radius 1 is 0.765 bits per heavy atom. The lowest BCUT2D eigenvalue weighted by Crippen LogP contribution is -3.12. The Balaban J connectivity index is 1.56. The molecule has 7 fully saturated rings. The van der Waals surface area contributed by atoms with Gasteiger partial charge < -0.3 is 0 Å². The first-order valence-corrected chi connectivity index (χ1v) is 15.6. The van der Waals surface area contributed by atoms with Gasteiger partial charge in [0.25, 0.3) is 0 Å². The molecule has 0 aromatic carbocycles. The minimum Gasteiger partial charge on any atom is -0.0654 e. The molecule has 0 aliphatic heterocycles. The smallest absolute Gasteiger partial charge is 0.00489 e. The van der Waals surface area contributed by atoms with Crippen LogP contribution in [0, 0.1) is 84.2 Å². The third-order valence-electron chi connectivity index (χ3n) is 18.1. The maximum Gasteiger partial charge on any atom is -0.00489 e. The minimum atomic E-state index is 0.469. The van der Waals surface area contributed by atoms with Crippen LogP contribution in [-0.2, 0) is 0 Å². The van der Waals surface area contributed by atoms with Crippen LogP contribution in [0.3, 0.4) is 0 Å². The van der Waals surface area contributed by atoms with E-state index in [2.05, 4.69) is 83.1 Å². The number of hydrogen-bond acceptors (Lipinski definition) is 0. The second-order valence-electron chi connectivity index (χ2n) is 17.3. The van der Waals surface area contributed by atoms with E-state index in [-0.39, 0.29) is 0 Å². The van der Waals surface area contributed by atoms with Crippen molar-refractivity contribution >= 4 is 0 Å². The van der Waals surface area contributed by atoms with Gasteiger partial charge >= 0.3 is 0 Å². The maximum absolute atomic E-state index is 2.91. The Bertz CT molecular complexity index is 992. The third kappa shape index (κ3) is 1.31. The predicted molar refractivity (Wildman–Crippen MR) is 143 cm³/mol. The summed E-state index contributed by atoms with van der Waals surface area (Å²) in [6, 6.07) is 0. The molecule has 34 heavy (non-hydrogen) atoms. The van der Waals surface area contributed by atoms with Crippen molar-refractivity contribution in [1.29, 1.82) is 0 Å². The lowest BCUT2D eigenvalue weighted by molar-refractivity contribution is -0.687. The molecular weight excluding hydrogens is 408 g/mol. The van der Waals surface area contributed by atoms with E-state index in [9.17, 15) is 0 Å². The molecular formula is C34H56. The molecule has 0 aromatic heterocycles. The molecule has 192 valence electrons. The summed E-state index contributed by atoms with van der Waals surface area (Å²) in [4.78, 5) is 0. The Morgan fingerprint density at radius 2 is 1.41 bits per heavy atom. The molecule has 0 nitrogen and oxygen atoms in total. The molecule has 0 radical (unpaired) electrons. The molecule has 14 atom stereocenters. The van der Waals surface area contributed by atoms with E-state index in [1.54, 1.807) is 0 Å². The number of hydrogen-bond donors (Lipinski definition) is 0. The number of fused-ring (bicyclic) bond motifs is 2. The zero-order valence-electron chi connectivity index (χ0n) is 24.9. The van der Waals surface area contributed by atoms with Crippen LogP contribution in [0.15, 0.2) is 0 Å². The van der Waals surface area contributed by atoms with Crippen molar-refractivity contribution in [1.82, 2.24) is 0 Å². The Hall–Kier alpha value is 0. The molecule has 0 bridgehead atoms. The largest absolute Gasteiger partial charge is 0.0654 e. The third-order valence-corrected chi connectivity index (χ3v) is 18.1. The molecule has 0 saturated heterocycles. The first-order valence-electron chi connectivity index (χ1n) is 15.6. The second-order valence-corrected chi connectivity index (χ2v) is 17.3. The molecule has 2 spiro atoms. The topological polar surface area (TPSA) is 0 Å². The summed E-state index contributed by atoms with van der Waals surface area (Å²) in [7, 11) is 0. The highest BCUT2D eigenvalue weighted by Gasteiger charge is 3.19. The zero-order valence-corrected chi connectivity index (χ0v) is 24.9. The fraction of sp³-hybridized carbons (Fsp3) is 1.00. The van der Waals surface area contributed by atoms with Crippen molar-refractivity contribution in [3.8, 4) is 0 Å². The lowest BCUT2D eigenvalue weighted by atomic mass is 8.89. The second kappa shape index (κ2) is 5.41. The molecule has 0 heteroatoms. The van der Waals surface area contributed by atoms with Gasteiger partial charge in [-0.25, -0.2) is 0 Å². The molecule has 0 N–H and O–H groups in total. The van der Waals surface area contributed by atoms with E-state index in [4.69, 9.17) is 0 Å². The molecule has 14 unspecified atom stereocenters. The molecule has 0 aromatic rings. The van der Waals surface area contributed by atoms with Gasteiger partial charge in [-0.15, -0.1) is 0 Å². The standard InChI is InChI=1S/C34H56/c1-13-17-27(7)21(4)24-25-28(8)18-20(3)22(14-2)15-16-23-19-26(5,6)34-29(23,9)31(28,11)33(25,34)30(24,10)32(27,34)12/h20-25H,13-19H2,1-12H3. The fourth-order valence-electron chi connectivity index (χ4n) is 18.3. The van der Waals surface area contributed by atoms with Gasteiger partial charge in [-0.3, -0.25) is 0 Å². The summed E-state index contributed by atoms with van der Waals surface area (Å²) in [5.74, 6) is 5.59. The molecule has 7 aliphatic rings. The monoisotopic (exact) mass is 464 g/mol. The van der Waals surface area contributed by atoms with Crippen LogP contribution < -0.4 is 0 Å². The van der Waals surface area contributed by atoms with Gasteiger partial charge in [-0.05, 0) is 116 Å². The highest BCUT2D eigenvalue weighted by Crippen LogP contribution is 3.22. The van der Waals surface area contributed by atoms with E-state index >= 15 is 0 Å². The van der Waals surface area contributed by atoms with Crippen molar-refractivity contribution in [2.24, 2.45) is 84.2 Å². The van der Waals surface area contributed by atoms with E-state index in [1.165, 1.54) is 44.9 Å². The van der Waals surface area contributed by atoms with Crippen LogP contribution in [0.4, 0.5) is 0 Å². The Morgan fingerprint density at radius 3 is 2.00 bits per heavy atom. The minimum absolute atomic E-state index is 0.469. The van der Waals surface area contributed by atoms with Crippen LogP contribution >= 0.6 is 0 Å². The predicted octanol–water partition coefficient (Wildman–Crippen LogP) is 9.63. The highest BCUT2D eigenvalue weighted by atomic mass is 15.2. The molecule has 0 heterocycles. The summed E-state index contributed by atoms with van der Waals surface area (Å²) in [5.41, 5.74) is 4.76. The van der Waals surface area contributed by atoms with Gasteiger partial charge in [0.1, 0.15) is 0 Å². The average Bonchev–Trinajstić information content (AvgIpc) is 2.94. The summed E-state index contributed by atoms with van der Waals surface area (Å²) in [5, 5.41) is 0. The van der Waals surface area contributed by atoms with E-state index < -0.39 is 0 Å². The molecule has 0 amide bonds. The van der Waals surface area contributed by atoms with Crippen molar-refractivity contribution in [2.75, 3.05) is 0 Å². The first kappa shape index (κ1) is 23.1. The summed E-state index contributed by atoms with van der Waals surface area (Å²) >= 11 is 0. The number of rotatable bonds is 3. The van der Waals surface area contributed by atoms with E-state index in [1.807, 2.05) is 0 Å². The van der Waals surface area contributed by atoms with Crippen molar-refractivity contribution < 1.29 is 0 Å². The van der Waals surface area contributed by atoms with E-state index in [0.29, 0.717) is 48.7 Å². The lowest BCUT2D eigenvalue weighted by Gasteiger charge is -3.14. The molecule has 7 rings (SSSR count). The summed E-state index contributed by atoms with van der Waals surface area (Å²) in [6.45, 7) is 33.2. The van der Waals surface area contributed by atoms with Crippen LogP contribution in [0.5, 0.6) is 0 Å². The maximum atomic E-state index is 2.91. The van der Waals surface area contributed by atoms with Gasteiger partial charge in [0.05, 0.1) is 0 Å². The SMILES string of the molecule is CCCC1(C)C(C)C2C3C4(C)CC(C)C(CC)CCC5CC(C)(C)C67C5(C)C4(C)C36C2(C)C17C. The van der Waals surface area contributed by atoms with Gasteiger partial charge in [0.15, 0.2) is 0 Å². The molecule has 7 saturated carbocycles. The van der Waals surface area contributed by atoms with Crippen molar-refractivity contribution in [2.45, 2.75) is 128 Å². The first-order chi connectivity index (χ1) is 15.6. The quantitative estimate of drug-likeness (QED) is 0.390. The van der Waals surface area contributed by atoms with Crippen LogP contribution in [0.25, 0.3) is 0 Å². The van der Waals surface area contributed by atoms with E-state index in [0.717, 1.165) is 35.5 Å². The zero-order chi connectivity index (χ0) is 24.9. The highest BCUT2D eigenvalue weighted by molar-refractivity contribution is 5.65. The van der Waals surface area contributed by atoms with Gasteiger partial charge in [-0.2, -0.15) is 0 Å². The van der Waals surface area contributed by atoms with Crippen molar-refractivity contribution in [3.05, 3.63) is 0 Å². The van der Waals surface area contributed by atoms with Crippen LogP contribution in [0.2, 0.25) is 0 Å². The van der Waals surface area contributed by atoms with Gasteiger partial charge in [0, 0.05) is 0 Å². The fourth-order valence-corrected chi connectivity index (χ4v) is 18.3. The average molecular weight is 465 g/mol. The normalized spacial score (nSPS) is 72.0. The van der Waals surface area contributed by atoms with Gasteiger partial charge in [0.2, 0.25) is 0 Å². The summed E-state index contributed by atoms with van der Waals surface area (Å²) in [6.07, 6.45) is 10.2. The molecule has 7 aliphatic carbocycles. The van der Waals surface area contributed by atoms with Crippen LogP contribution in [0.1, 0.15) is 128 Å². The Labute approximate surface area is 212 Å². The van der Waals surface area contributed by atoms with Gasteiger partial charge in [-0.1, -0.05) is 95.9 Å². The van der Waals surface area contributed by atoms with Crippen LogP contribution in [-0.4, -0.2) is 0 Å². The Kier molecular flexibility index (Phi) is 3.69. The summed E-state index contributed by atoms with van der Waals surface area (Å²) < 4.78 is 0.